The van der Waals surface area contributed by atoms with Gasteiger partial charge in [-0.15, -0.1) is 0 Å². The van der Waals surface area contributed by atoms with Crippen molar-refractivity contribution in [3.8, 4) is 0 Å². The number of rotatable bonds is 21. The molecule has 1 N–H and O–H groups in total. The monoisotopic (exact) mass is 414 g/mol. The highest BCUT2D eigenvalue weighted by Gasteiger charge is 2.13. The Morgan fingerprint density at radius 3 is 1.28 bits per heavy atom. The van der Waals surface area contributed by atoms with Crippen LogP contribution in [-0.2, 0) is 19.1 Å². The van der Waals surface area contributed by atoms with Gasteiger partial charge in [0, 0.05) is 6.42 Å². The first-order chi connectivity index (χ1) is 14.1. The highest BCUT2D eigenvalue weighted by Crippen LogP contribution is 2.15. The average molecular weight is 415 g/mol. The predicted octanol–water partition coefficient (Wildman–Crippen LogP) is 6.11. The van der Waals surface area contributed by atoms with Crippen molar-refractivity contribution >= 4 is 11.9 Å². The Labute approximate surface area is 178 Å². The number of carbonyl (C=O) groups excluding carboxylic acids is 2. The van der Waals surface area contributed by atoms with Crippen LogP contribution in [0.4, 0.5) is 0 Å². The van der Waals surface area contributed by atoms with Crippen molar-refractivity contribution in [3.05, 3.63) is 0 Å². The van der Waals surface area contributed by atoms with Crippen LogP contribution >= 0.6 is 0 Å². The summed E-state index contributed by atoms with van der Waals surface area (Å²) in [6.45, 7) is 0. The molecular formula is C24H46O5. The maximum absolute atomic E-state index is 11.1. The number of unbranched alkanes of at least 4 members (excludes halogenated alkanes) is 16. The summed E-state index contributed by atoms with van der Waals surface area (Å²) >= 11 is 0. The molecule has 0 spiro atoms. The van der Waals surface area contributed by atoms with Crippen LogP contribution in [0.15, 0.2) is 0 Å². The lowest BCUT2D eigenvalue weighted by Gasteiger charge is -2.07. The highest BCUT2D eigenvalue weighted by molar-refractivity contribution is 5.74. The molecule has 1 atom stereocenters. The van der Waals surface area contributed by atoms with E-state index in [1.54, 1.807) is 0 Å². The molecule has 0 heterocycles. The molecule has 0 fully saturated rings. The third kappa shape index (κ3) is 20.0. The first-order valence-electron chi connectivity index (χ1n) is 11.9. The number of aliphatic hydroxyl groups is 1. The number of carbonyl (C=O) groups is 2. The molecule has 5 heteroatoms. The zero-order valence-electron chi connectivity index (χ0n) is 19.1. The molecule has 0 bridgehead atoms. The number of methoxy groups -OCH3 is 2. The molecule has 0 aliphatic rings. The minimum absolute atomic E-state index is 0.0850. The van der Waals surface area contributed by atoms with Crippen molar-refractivity contribution in [1.29, 1.82) is 0 Å². The molecular weight excluding hydrogens is 368 g/mol. The maximum Gasteiger partial charge on any atom is 0.334 e. The van der Waals surface area contributed by atoms with E-state index in [2.05, 4.69) is 9.47 Å². The van der Waals surface area contributed by atoms with E-state index in [1.807, 2.05) is 0 Å². The molecule has 172 valence electrons. The van der Waals surface area contributed by atoms with E-state index >= 15 is 0 Å². The normalized spacial score (nSPS) is 12.0. The molecule has 0 radical (unpaired) electrons. The lowest BCUT2D eigenvalue weighted by Crippen LogP contribution is -2.21. The van der Waals surface area contributed by atoms with Crippen LogP contribution in [0.25, 0.3) is 0 Å². The summed E-state index contributed by atoms with van der Waals surface area (Å²) < 4.78 is 9.15. The van der Waals surface area contributed by atoms with Gasteiger partial charge in [-0.3, -0.25) is 4.79 Å². The van der Waals surface area contributed by atoms with Gasteiger partial charge in [-0.1, -0.05) is 103 Å². The maximum atomic E-state index is 11.1. The zero-order valence-corrected chi connectivity index (χ0v) is 19.1. The van der Waals surface area contributed by atoms with Crippen LogP contribution < -0.4 is 0 Å². The molecule has 0 aromatic rings. The Kier molecular flexibility index (Phi) is 20.8. The number of aliphatic hydroxyl groups excluding tert-OH is 1. The number of hydrogen-bond donors (Lipinski definition) is 1. The van der Waals surface area contributed by atoms with Crippen molar-refractivity contribution in [2.24, 2.45) is 0 Å². The molecule has 29 heavy (non-hydrogen) atoms. The number of hydrogen-bond acceptors (Lipinski definition) is 5. The summed E-state index contributed by atoms with van der Waals surface area (Å²) in [5.41, 5.74) is 0. The summed E-state index contributed by atoms with van der Waals surface area (Å²) in [6.07, 6.45) is 21.3. The average Bonchev–Trinajstić information content (AvgIpc) is 2.74. The van der Waals surface area contributed by atoms with E-state index in [9.17, 15) is 14.7 Å². The van der Waals surface area contributed by atoms with Gasteiger partial charge in [0.25, 0.3) is 0 Å². The Morgan fingerprint density at radius 1 is 0.586 bits per heavy atom. The van der Waals surface area contributed by atoms with E-state index in [-0.39, 0.29) is 5.97 Å². The van der Waals surface area contributed by atoms with Crippen molar-refractivity contribution in [2.75, 3.05) is 14.2 Å². The molecule has 0 amide bonds. The minimum Gasteiger partial charge on any atom is -0.469 e. The third-order valence-corrected chi connectivity index (χ3v) is 5.56. The first-order valence-corrected chi connectivity index (χ1v) is 11.9. The largest absolute Gasteiger partial charge is 0.469 e. The molecule has 5 nitrogen and oxygen atoms in total. The van der Waals surface area contributed by atoms with Crippen molar-refractivity contribution in [2.45, 2.75) is 128 Å². The SMILES string of the molecule is COC(=O)CCCCCCCCCCCCCCCCCCCC(O)C(=O)OC. The van der Waals surface area contributed by atoms with E-state index in [4.69, 9.17) is 0 Å². The van der Waals surface area contributed by atoms with Crippen molar-refractivity contribution < 1.29 is 24.2 Å². The topological polar surface area (TPSA) is 72.8 Å². The van der Waals surface area contributed by atoms with Gasteiger partial charge in [-0.2, -0.15) is 0 Å². The van der Waals surface area contributed by atoms with Gasteiger partial charge < -0.3 is 14.6 Å². The van der Waals surface area contributed by atoms with Crippen LogP contribution in [0, 0.1) is 0 Å². The summed E-state index contributed by atoms with van der Waals surface area (Å²) in [7, 11) is 2.76. The van der Waals surface area contributed by atoms with Gasteiger partial charge in [0.05, 0.1) is 14.2 Å². The summed E-state index contributed by atoms with van der Waals surface area (Å²) in [5, 5.41) is 9.49. The van der Waals surface area contributed by atoms with Crippen LogP contribution in [0.3, 0.4) is 0 Å². The number of ether oxygens (including phenoxy) is 2. The summed E-state index contributed by atoms with van der Waals surface area (Å²) in [6, 6.07) is 0. The second-order valence-corrected chi connectivity index (χ2v) is 8.16. The molecule has 0 saturated heterocycles. The van der Waals surface area contributed by atoms with E-state index in [0.717, 1.165) is 25.7 Å². The second kappa shape index (κ2) is 21.6. The second-order valence-electron chi connectivity index (χ2n) is 8.16. The first kappa shape index (κ1) is 27.9. The quantitative estimate of drug-likeness (QED) is 0.181. The fraction of sp³-hybridized carbons (Fsp3) is 0.917. The van der Waals surface area contributed by atoms with Gasteiger partial charge in [-0.05, 0) is 12.8 Å². The Hall–Kier alpha value is -1.10. The van der Waals surface area contributed by atoms with Crippen LogP contribution in [-0.4, -0.2) is 37.4 Å². The lowest BCUT2D eigenvalue weighted by atomic mass is 10.0. The standard InChI is InChI=1S/C24H46O5/c1-28-23(26)21-19-17-15-13-11-9-7-5-3-4-6-8-10-12-14-16-18-20-22(25)24(27)29-2/h22,25H,3-21H2,1-2H3. The predicted molar refractivity (Wildman–Crippen MR) is 118 cm³/mol. The molecule has 0 aliphatic carbocycles. The Morgan fingerprint density at radius 2 is 0.931 bits per heavy atom. The van der Waals surface area contributed by atoms with Crippen LogP contribution in [0.5, 0.6) is 0 Å². The molecule has 0 aliphatic heterocycles. The van der Waals surface area contributed by atoms with Gasteiger partial charge >= 0.3 is 11.9 Å². The Bertz CT molecular complexity index is 383. The minimum atomic E-state index is -0.946. The third-order valence-electron chi connectivity index (χ3n) is 5.56. The van der Waals surface area contributed by atoms with Gasteiger partial charge in [0.1, 0.15) is 0 Å². The van der Waals surface area contributed by atoms with Crippen LogP contribution in [0.1, 0.15) is 122 Å². The smallest absolute Gasteiger partial charge is 0.334 e. The molecule has 0 saturated carbocycles. The van der Waals surface area contributed by atoms with Gasteiger partial charge in [0.2, 0.25) is 0 Å². The molecule has 0 rings (SSSR count). The van der Waals surface area contributed by atoms with Crippen molar-refractivity contribution in [3.63, 3.8) is 0 Å². The summed E-state index contributed by atoms with van der Waals surface area (Å²) in [4.78, 5) is 22.1. The zero-order chi connectivity index (χ0) is 21.6. The fourth-order valence-corrected chi connectivity index (χ4v) is 3.61. The van der Waals surface area contributed by atoms with E-state index in [0.29, 0.717) is 12.8 Å². The Balaban J connectivity index is 3.12. The molecule has 0 aromatic carbocycles. The van der Waals surface area contributed by atoms with Crippen LogP contribution in [0.2, 0.25) is 0 Å². The van der Waals surface area contributed by atoms with E-state index in [1.165, 1.54) is 97.7 Å². The number of esters is 2. The van der Waals surface area contributed by atoms with Gasteiger partial charge in [0.15, 0.2) is 6.10 Å². The lowest BCUT2D eigenvalue weighted by molar-refractivity contribution is -0.150. The van der Waals surface area contributed by atoms with Crippen molar-refractivity contribution in [1.82, 2.24) is 0 Å². The summed E-state index contributed by atoms with van der Waals surface area (Å²) in [5.74, 6) is -0.601. The highest BCUT2D eigenvalue weighted by atomic mass is 16.5. The molecule has 1 unspecified atom stereocenters. The van der Waals surface area contributed by atoms with Gasteiger partial charge in [-0.25, -0.2) is 4.79 Å². The molecule has 0 aromatic heterocycles. The fourth-order valence-electron chi connectivity index (χ4n) is 3.61. The van der Waals surface area contributed by atoms with E-state index < -0.39 is 12.1 Å².